The Morgan fingerprint density at radius 1 is 1.52 bits per heavy atom. The Bertz CT molecular complexity index is 688. The van der Waals surface area contributed by atoms with Crippen LogP contribution in [0, 0.1) is 6.92 Å². The van der Waals surface area contributed by atoms with Crippen LogP contribution in [0.1, 0.15) is 39.8 Å². The number of amides is 1. The smallest absolute Gasteiger partial charge is 0.274 e. The minimum Gasteiger partial charge on any atom is -0.330 e. The molecule has 110 valence electrons. The largest absolute Gasteiger partial charge is 0.330 e. The molecule has 0 unspecified atom stereocenters. The topological polar surface area (TPSA) is 33.2 Å². The van der Waals surface area contributed by atoms with E-state index in [0.29, 0.717) is 10.2 Å². The third kappa shape index (κ3) is 3.00. The highest BCUT2D eigenvalue weighted by atomic mass is 79.9. The summed E-state index contributed by atoms with van der Waals surface area (Å²) in [5.41, 5.74) is 1.65. The SMILES string of the molecule is Cc1sc(Cl)nc1C(=O)N1CCC[C@@H]1c1cccc(Br)c1. The van der Waals surface area contributed by atoms with Gasteiger partial charge < -0.3 is 4.90 Å². The highest BCUT2D eigenvalue weighted by molar-refractivity contribution is 9.10. The van der Waals surface area contributed by atoms with E-state index in [1.165, 1.54) is 11.3 Å². The van der Waals surface area contributed by atoms with Crippen molar-refractivity contribution < 1.29 is 4.79 Å². The molecule has 1 aromatic heterocycles. The molecule has 1 atom stereocenters. The minimum atomic E-state index is -0.0156. The number of rotatable bonds is 2. The molecule has 0 N–H and O–H groups in total. The molecule has 1 aromatic carbocycles. The van der Waals surface area contributed by atoms with E-state index in [2.05, 4.69) is 33.0 Å². The molecule has 0 saturated carbocycles. The fraction of sp³-hybridized carbons (Fsp3) is 0.333. The molecule has 1 aliphatic rings. The van der Waals surface area contributed by atoms with Gasteiger partial charge in [-0.05, 0) is 37.5 Å². The Morgan fingerprint density at radius 2 is 2.33 bits per heavy atom. The summed E-state index contributed by atoms with van der Waals surface area (Å²) in [4.78, 5) is 19.7. The Hall–Kier alpha value is -0.910. The number of hydrogen-bond donors (Lipinski definition) is 0. The van der Waals surface area contributed by atoms with Crippen molar-refractivity contribution in [2.24, 2.45) is 0 Å². The molecule has 1 fully saturated rings. The first-order chi connectivity index (χ1) is 10.1. The summed E-state index contributed by atoms with van der Waals surface area (Å²) in [6.07, 6.45) is 2.00. The molecule has 21 heavy (non-hydrogen) atoms. The molecule has 2 aromatic rings. The van der Waals surface area contributed by atoms with Gasteiger partial charge in [0.25, 0.3) is 5.91 Å². The summed E-state index contributed by atoms with van der Waals surface area (Å²) < 4.78 is 1.46. The second-order valence-electron chi connectivity index (χ2n) is 5.08. The van der Waals surface area contributed by atoms with Gasteiger partial charge in [-0.15, -0.1) is 11.3 Å². The van der Waals surface area contributed by atoms with E-state index < -0.39 is 0 Å². The van der Waals surface area contributed by atoms with Gasteiger partial charge in [-0.3, -0.25) is 4.79 Å². The zero-order chi connectivity index (χ0) is 15.0. The van der Waals surface area contributed by atoms with Crippen molar-refractivity contribution in [3.63, 3.8) is 0 Å². The van der Waals surface area contributed by atoms with Crippen LogP contribution in [0.5, 0.6) is 0 Å². The lowest BCUT2D eigenvalue weighted by Gasteiger charge is -2.24. The zero-order valence-electron chi connectivity index (χ0n) is 11.5. The maximum absolute atomic E-state index is 12.7. The molecule has 0 radical (unpaired) electrons. The number of thiazole rings is 1. The maximum atomic E-state index is 12.7. The third-order valence-corrected chi connectivity index (χ3v) is 5.29. The molecule has 1 aliphatic heterocycles. The Balaban J connectivity index is 1.90. The lowest BCUT2D eigenvalue weighted by molar-refractivity contribution is 0.0730. The second-order valence-corrected chi connectivity index (χ2v) is 7.78. The number of carbonyl (C=O) groups is 1. The van der Waals surface area contributed by atoms with Gasteiger partial charge in [0.1, 0.15) is 5.69 Å². The fourth-order valence-electron chi connectivity index (χ4n) is 2.77. The molecule has 2 heterocycles. The molecular formula is C15H14BrClN2OS. The molecule has 1 saturated heterocycles. The number of likely N-dealkylation sites (tertiary alicyclic amines) is 1. The molecule has 0 aliphatic carbocycles. The summed E-state index contributed by atoms with van der Waals surface area (Å²) in [5.74, 6) is -0.0156. The number of halogens is 2. The molecule has 0 spiro atoms. The van der Waals surface area contributed by atoms with Crippen LogP contribution in [0.25, 0.3) is 0 Å². The zero-order valence-corrected chi connectivity index (χ0v) is 14.6. The average Bonchev–Trinajstić information content (AvgIpc) is 3.04. The molecule has 3 rings (SSSR count). The first kappa shape index (κ1) is 15.0. The summed E-state index contributed by atoms with van der Waals surface area (Å²) in [5, 5.41) is 0. The van der Waals surface area contributed by atoms with Gasteiger partial charge in [0.05, 0.1) is 6.04 Å². The van der Waals surface area contributed by atoms with Crippen molar-refractivity contribution in [2.75, 3.05) is 6.54 Å². The Morgan fingerprint density at radius 3 is 3.00 bits per heavy atom. The van der Waals surface area contributed by atoms with Crippen molar-refractivity contribution in [1.29, 1.82) is 0 Å². The second kappa shape index (κ2) is 6.07. The molecule has 3 nitrogen and oxygen atoms in total. The van der Waals surface area contributed by atoms with Crippen LogP contribution >= 0.6 is 38.9 Å². The number of aryl methyl sites for hydroxylation is 1. The van der Waals surface area contributed by atoms with E-state index in [1.54, 1.807) is 0 Å². The van der Waals surface area contributed by atoms with Gasteiger partial charge in [-0.2, -0.15) is 0 Å². The molecule has 1 amide bonds. The number of aromatic nitrogens is 1. The first-order valence-corrected chi connectivity index (χ1v) is 8.74. The molecular weight excluding hydrogens is 372 g/mol. The summed E-state index contributed by atoms with van der Waals surface area (Å²) in [7, 11) is 0. The van der Waals surface area contributed by atoms with Crippen LogP contribution in [0.3, 0.4) is 0 Å². The van der Waals surface area contributed by atoms with E-state index in [-0.39, 0.29) is 11.9 Å². The predicted molar refractivity (Wildman–Crippen MR) is 89.0 cm³/mol. The van der Waals surface area contributed by atoms with Crippen molar-refractivity contribution in [1.82, 2.24) is 9.88 Å². The van der Waals surface area contributed by atoms with Crippen molar-refractivity contribution >= 4 is 44.8 Å². The molecule has 0 bridgehead atoms. The highest BCUT2D eigenvalue weighted by Gasteiger charge is 2.32. The minimum absolute atomic E-state index is 0.0156. The van der Waals surface area contributed by atoms with Gasteiger partial charge in [-0.25, -0.2) is 4.98 Å². The van der Waals surface area contributed by atoms with Gasteiger partial charge in [-0.1, -0.05) is 39.7 Å². The Labute approximate surface area is 141 Å². The number of carbonyl (C=O) groups excluding carboxylic acids is 1. The van der Waals surface area contributed by atoms with Crippen LogP contribution in [-0.2, 0) is 0 Å². The Kier molecular flexibility index (Phi) is 4.33. The van der Waals surface area contributed by atoms with Crippen molar-refractivity contribution in [2.45, 2.75) is 25.8 Å². The van der Waals surface area contributed by atoms with E-state index in [4.69, 9.17) is 11.6 Å². The van der Waals surface area contributed by atoms with Crippen molar-refractivity contribution in [3.8, 4) is 0 Å². The van der Waals surface area contributed by atoms with Crippen molar-refractivity contribution in [3.05, 3.63) is 49.3 Å². The van der Waals surface area contributed by atoms with Gasteiger partial charge in [0.15, 0.2) is 4.47 Å². The van der Waals surface area contributed by atoms with E-state index in [1.807, 2.05) is 24.0 Å². The van der Waals surface area contributed by atoms with E-state index in [9.17, 15) is 4.79 Å². The fourth-order valence-corrected chi connectivity index (χ4v) is 4.24. The van der Waals surface area contributed by atoms with Gasteiger partial charge in [0, 0.05) is 15.9 Å². The van der Waals surface area contributed by atoms with E-state index in [0.717, 1.165) is 34.3 Å². The monoisotopic (exact) mass is 384 g/mol. The number of nitrogens with zero attached hydrogens (tertiary/aromatic N) is 2. The van der Waals surface area contributed by atoms with E-state index >= 15 is 0 Å². The first-order valence-electron chi connectivity index (χ1n) is 6.75. The quantitative estimate of drug-likeness (QED) is 0.740. The number of benzene rings is 1. The molecule has 6 heteroatoms. The average molecular weight is 386 g/mol. The summed E-state index contributed by atoms with van der Waals surface area (Å²) >= 11 is 10.8. The summed E-state index contributed by atoms with van der Waals surface area (Å²) in [6.45, 7) is 2.66. The van der Waals surface area contributed by atoms with Crippen LogP contribution < -0.4 is 0 Å². The van der Waals surface area contributed by atoms with Crippen LogP contribution in [-0.4, -0.2) is 22.3 Å². The number of hydrogen-bond acceptors (Lipinski definition) is 3. The lowest BCUT2D eigenvalue weighted by atomic mass is 10.0. The van der Waals surface area contributed by atoms with Crippen LogP contribution in [0.2, 0.25) is 4.47 Å². The summed E-state index contributed by atoms with van der Waals surface area (Å²) in [6, 6.07) is 8.27. The van der Waals surface area contributed by atoms with Crippen LogP contribution in [0.4, 0.5) is 0 Å². The van der Waals surface area contributed by atoms with Crippen LogP contribution in [0.15, 0.2) is 28.7 Å². The third-order valence-electron chi connectivity index (χ3n) is 3.72. The van der Waals surface area contributed by atoms with Gasteiger partial charge >= 0.3 is 0 Å². The van der Waals surface area contributed by atoms with Gasteiger partial charge in [0.2, 0.25) is 0 Å². The highest BCUT2D eigenvalue weighted by Crippen LogP contribution is 2.35. The predicted octanol–water partition coefficient (Wildman–Crippen LogP) is 4.84. The lowest BCUT2D eigenvalue weighted by Crippen LogP contribution is -2.31. The normalized spacial score (nSPS) is 18.2. The standard InChI is InChI=1S/C15H14BrClN2OS/c1-9-13(18-15(17)21-9)14(20)19-7-3-6-12(19)10-4-2-5-11(16)8-10/h2,4-5,8,12H,3,6-7H2,1H3/t12-/m1/s1. The maximum Gasteiger partial charge on any atom is 0.274 e.